The standard InChI is InChI=1S/C25H31ClN2O3/c1-3-22(25-11-16-7-17(12-25)9-18(8-16)13-25)27-24(29)23-21(15(2)31-28-23)14-30-20-6-4-5-19(26)10-20/h4-6,10,16-18,22H,3,7-9,11-14H2,1-2H3,(H,27,29). The fourth-order valence-corrected chi connectivity index (χ4v) is 7.15. The van der Waals surface area contributed by atoms with E-state index in [0.717, 1.165) is 24.2 Å². The van der Waals surface area contributed by atoms with E-state index in [-0.39, 0.29) is 24.0 Å². The van der Waals surface area contributed by atoms with Gasteiger partial charge < -0.3 is 14.6 Å². The Hall–Kier alpha value is -2.01. The van der Waals surface area contributed by atoms with Gasteiger partial charge in [-0.05, 0) is 93.2 Å². The lowest BCUT2D eigenvalue weighted by molar-refractivity contribution is -0.0727. The van der Waals surface area contributed by atoms with Crippen LogP contribution in [0.3, 0.4) is 0 Å². The summed E-state index contributed by atoms with van der Waals surface area (Å²) >= 11 is 6.05. The third-order valence-electron chi connectivity index (χ3n) is 7.92. The summed E-state index contributed by atoms with van der Waals surface area (Å²) in [7, 11) is 0. The van der Waals surface area contributed by atoms with Gasteiger partial charge in [-0.25, -0.2) is 0 Å². The second-order valence-electron chi connectivity index (χ2n) is 10.0. The minimum absolute atomic E-state index is 0.149. The first-order valence-electron chi connectivity index (χ1n) is 11.6. The molecule has 0 aliphatic heterocycles. The van der Waals surface area contributed by atoms with Gasteiger partial charge in [-0.15, -0.1) is 0 Å². The summed E-state index contributed by atoms with van der Waals surface area (Å²) in [4.78, 5) is 13.3. The van der Waals surface area contributed by atoms with Crippen molar-refractivity contribution in [2.24, 2.45) is 23.2 Å². The van der Waals surface area contributed by atoms with Crippen molar-refractivity contribution in [3.63, 3.8) is 0 Å². The second kappa shape index (κ2) is 8.16. The molecule has 5 nitrogen and oxygen atoms in total. The quantitative estimate of drug-likeness (QED) is 0.576. The Kier molecular flexibility index (Phi) is 5.49. The number of rotatable bonds is 7. The first kappa shape index (κ1) is 20.9. The second-order valence-corrected chi connectivity index (χ2v) is 10.5. The molecule has 6 rings (SSSR count). The van der Waals surface area contributed by atoms with E-state index >= 15 is 0 Å². The van der Waals surface area contributed by atoms with Crippen molar-refractivity contribution in [1.29, 1.82) is 0 Å². The van der Waals surface area contributed by atoms with Crippen molar-refractivity contribution < 1.29 is 14.1 Å². The average Bonchev–Trinajstić information content (AvgIpc) is 3.10. The predicted octanol–water partition coefficient (Wildman–Crippen LogP) is 5.94. The van der Waals surface area contributed by atoms with E-state index < -0.39 is 0 Å². The molecule has 1 amide bonds. The molecule has 1 unspecified atom stereocenters. The largest absolute Gasteiger partial charge is 0.489 e. The van der Waals surface area contributed by atoms with Gasteiger partial charge in [-0.3, -0.25) is 4.79 Å². The first-order chi connectivity index (χ1) is 15.0. The van der Waals surface area contributed by atoms with E-state index in [4.69, 9.17) is 20.9 Å². The average molecular weight is 443 g/mol. The van der Waals surface area contributed by atoms with Crippen LogP contribution in [0, 0.1) is 30.1 Å². The summed E-state index contributed by atoms with van der Waals surface area (Å²) in [6, 6.07) is 7.42. The van der Waals surface area contributed by atoms with Crippen molar-refractivity contribution >= 4 is 17.5 Å². The number of benzene rings is 1. The number of ether oxygens (including phenoxy) is 1. The van der Waals surface area contributed by atoms with E-state index in [9.17, 15) is 4.79 Å². The lowest BCUT2D eigenvalue weighted by Crippen LogP contribution is -2.56. The molecule has 4 fully saturated rings. The van der Waals surface area contributed by atoms with Crippen LogP contribution >= 0.6 is 11.6 Å². The van der Waals surface area contributed by atoms with Crippen molar-refractivity contribution in [2.75, 3.05) is 0 Å². The van der Waals surface area contributed by atoms with E-state index in [1.165, 1.54) is 38.5 Å². The zero-order chi connectivity index (χ0) is 21.6. The SMILES string of the molecule is CCC(NC(=O)c1noc(C)c1COc1cccc(Cl)c1)C12CC3CC(CC(C3)C1)C2. The summed E-state index contributed by atoms with van der Waals surface area (Å²) in [5.41, 5.74) is 1.29. The molecule has 0 radical (unpaired) electrons. The molecular formula is C25H31ClN2O3. The predicted molar refractivity (Wildman–Crippen MR) is 119 cm³/mol. The van der Waals surface area contributed by atoms with E-state index in [1.807, 2.05) is 19.1 Å². The maximum Gasteiger partial charge on any atom is 0.274 e. The molecule has 0 saturated heterocycles. The monoisotopic (exact) mass is 442 g/mol. The van der Waals surface area contributed by atoms with Crippen LogP contribution in [0.1, 0.15) is 73.7 Å². The summed E-state index contributed by atoms with van der Waals surface area (Å²) in [6.45, 7) is 4.23. The number of hydrogen-bond acceptors (Lipinski definition) is 4. The number of carbonyl (C=O) groups is 1. The van der Waals surface area contributed by atoms with Gasteiger partial charge in [0.25, 0.3) is 5.91 Å². The Morgan fingerprint density at radius 2 is 1.94 bits per heavy atom. The Bertz CT molecular complexity index is 934. The highest BCUT2D eigenvalue weighted by molar-refractivity contribution is 6.30. The van der Waals surface area contributed by atoms with Crippen LogP contribution in [-0.2, 0) is 6.61 Å². The molecule has 4 saturated carbocycles. The van der Waals surface area contributed by atoms with Crippen molar-refractivity contribution in [1.82, 2.24) is 10.5 Å². The van der Waals surface area contributed by atoms with Gasteiger partial charge in [0, 0.05) is 11.1 Å². The zero-order valence-electron chi connectivity index (χ0n) is 18.3. The summed E-state index contributed by atoms with van der Waals surface area (Å²) in [6.07, 6.45) is 8.94. The molecule has 4 bridgehead atoms. The van der Waals surface area contributed by atoms with Gasteiger partial charge >= 0.3 is 0 Å². The minimum Gasteiger partial charge on any atom is -0.489 e. The minimum atomic E-state index is -0.149. The van der Waals surface area contributed by atoms with Crippen LogP contribution in [-0.4, -0.2) is 17.1 Å². The Morgan fingerprint density at radius 3 is 2.55 bits per heavy atom. The number of amides is 1. The lowest BCUT2D eigenvalue weighted by Gasteiger charge is -2.59. The van der Waals surface area contributed by atoms with Crippen LogP contribution in [0.4, 0.5) is 0 Å². The van der Waals surface area contributed by atoms with Crippen molar-refractivity contribution in [3.05, 3.63) is 46.3 Å². The van der Waals surface area contributed by atoms with Crippen LogP contribution < -0.4 is 10.1 Å². The van der Waals surface area contributed by atoms with Gasteiger partial charge in [0.15, 0.2) is 5.69 Å². The van der Waals surface area contributed by atoms with Crippen molar-refractivity contribution in [2.45, 2.75) is 71.4 Å². The maximum absolute atomic E-state index is 13.3. The zero-order valence-corrected chi connectivity index (χ0v) is 19.1. The third-order valence-corrected chi connectivity index (χ3v) is 8.15. The Morgan fingerprint density at radius 1 is 1.26 bits per heavy atom. The Labute approximate surface area is 188 Å². The van der Waals surface area contributed by atoms with E-state index in [0.29, 0.717) is 27.8 Å². The molecule has 1 N–H and O–H groups in total. The maximum atomic E-state index is 13.3. The van der Waals surface area contributed by atoms with E-state index in [1.54, 1.807) is 12.1 Å². The molecule has 31 heavy (non-hydrogen) atoms. The van der Waals surface area contributed by atoms with E-state index in [2.05, 4.69) is 17.4 Å². The number of nitrogens with one attached hydrogen (secondary N) is 1. The van der Waals surface area contributed by atoms with Gasteiger partial charge in [-0.1, -0.05) is 29.7 Å². The van der Waals surface area contributed by atoms with Crippen LogP contribution in [0.5, 0.6) is 5.75 Å². The molecule has 4 aliphatic carbocycles. The number of aryl methyl sites for hydroxylation is 1. The number of halogens is 1. The number of hydrogen-bond donors (Lipinski definition) is 1. The molecule has 166 valence electrons. The highest BCUT2D eigenvalue weighted by Gasteiger charge is 2.54. The number of carbonyl (C=O) groups excluding carboxylic acids is 1. The number of aromatic nitrogens is 1. The van der Waals surface area contributed by atoms with Crippen molar-refractivity contribution in [3.8, 4) is 5.75 Å². The van der Waals surface area contributed by atoms with Crippen LogP contribution in [0.25, 0.3) is 0 Å². The third kappa shape index (κ3) is 3.97. The number of nitrogens with zero attached hydrogens (tertiary/aromatic N) is 1. The van der Waals surface area contributed by atoms with Crippen LogP contribution in [0.2, 0.25) is 5.02 Å². The summed E-state index contributed by atoms with van der Waals surface area (Å²) in [5.74, 6) is 3.67. The van der Waals surface area contributed by atoms with Crippen LogP contribution in [0.15, 0.2) is 28.8 Å². The molecule has 1 atom stereocenters. The van der Waals surface area contributed by atoms with Gasteiger partial charge in [0.2, 0.25) is 0 Å². The normalized spacial score (nSPS) is 29.7. The smallest absolute Gasteiger partial charge is 0.274 e. The molecule has 0 spiro atoms. The fourth-order valence-electron chi connectivity index (χ4n) is 6.97. The molecular weight excluding hydrogens is 412 g/mol. The topological polar surface area (TPSA) is 64.4 Å². The van der Waals surface area contributed by atoms with Gasteiger partial charge in [0.1, 0.15) is 18.1 Å². The molecule has 1 aromatic heterocycles. The summed E-state index contributed by atoms with van der Waals surface area (Å²) in [5, 5.41) is 8.06. The highest BCUT2D eigenvalue weighted by Crippen LogP contribution is 2.61. The Balaban J connectivity index is 1.31. The lowest BCUT2D eigenvalue weighted by atomic mass is 9.47. The first-order valence-corrected chi connectivity index (χ1v) is 12.0. The van der Waals surface area contributed by atoms with Gasteiger partial charge in [0.05, 0.1) is 5.56 Å². The molecule has 1 heterocycles. The van der Waals surface area contributed by atoms with Gasteiger partial charge in [-0.2, -0.15) is 0 Å². The molecule has 6 heteroatoms. The molecule has 4 aliphatic rings. The molecule has 2 aromatic rings. The fraction of sp³-hybridized carbons (Fsp3) is 0.600. The molecule has 1 aromatic carbocycles. The summed E-state index contributed by atoms with van der Waals surface area (Å²) < 4.78 is 11.2. The highest BCUT2D eigenvalue weighted by atomic mass is 35.5.